The topological polar surface area (TPSA) is 95.1 Å². The number of nitrogens with zero attached hydrogens (tertiary/aromatic N) is 4. The summed E-state index contributed by atoms with van der Waals surface area (Å²) in [4.78, 5) is 48.1. The van der Waals surface area contributed by atoms with Gasteiger partial charge in [-0.05, 0) is 64.1 Å². The maximum absolute atomic E-state index is 13.6. The molecule has 1 unspecified atom stereocenters. The predicted octanol–water partition coefficient (Wildman–Crippen LogP) is 5.55. The third-order valence-electron chi connectivity index (χ3n) is 5.90. The van der Waals surface area contributed by atoms with Gasteiger partial charge in [-0.3, -0.25) is 19.5 Å². The molecule has 0 spiro atoms. The van der Waals surface area contributed by atoms with Crippen LogP contribution in [0.25, 0.3) is 0 Å². The molecule has 1 aliphatic rings. The number of carbonyl (C=O) groups excluding carboxylic acids is 3. The van der Waals surface area contributed by atoms with Crippen molar-refractivity contribution in [3.05, 3.63) is 78.5 Å². The minimum absolute atomic E-state index is 0.198. The van der Waals surface area contributed by atoms with Gasteiger partial charge >= 0.3 is 12.1 Å². The number of urea groups is 1. The third kappa shape index (κ3) is 5.72. The molecule has 3 aromatic rings. The quantitative estimate of drug-likeness (QED) is 0.494. The zero-order chi connectivity index (χ0) is 26.7. The lowest BCUT2D eigenvalue weighted by molar-refractivity contribution is -0.120. The van der Waals surface area contributed by atoms with Crippen molar-refractivity contribution in [2.75, 3.05) is 22.2 Å². The van der Waals surface area contributed by atoms with Crippen LogP contribution in [-0.2, 0) is 16.1 Å². The lowest BCUT2D eigenvalue weighted by atomic mass is 10.1. The van der Waals surface area contributed by atoms with Gasteiger partial charge in [-0.2, -0.15) is 0 Å². The van der Waals surface area contributed by atoms with E-state index in [1.165, 1.54) is 11.9 Å². The molecule has 37 heavy (non-hydrogen) atoms. The number of para-hydroxylation sites is 2. The summed E-state index contributed by atoms with van der Waals surface area (Å²) in [6.07, 6.45) is -0.593. The van der Waals surface area contributed by atoms with Gasteiger partial charge in [-0.25, -0.2) is 14.6 Å². The van der Waals surface area contributed by atoms with E-state index >= 15 is 0 Å². The molecule has 0 radical (unpaired) electrons. The number of amides is 4. The number of fused-ring (bicyclic) bond motifs is 1. The average molecular weight is 502 g/mol. The summed E-state index contributed by atoms with van der Waals surface area (Å²) in [6.45, 7) is 7.15. The standard InChI is InChI=1S/C28H31N5O4/c1-19(31(5)27(36)37-28(2,3)4)25(34)30-24-17-16-23-22(29-24)18-32(20-12-8-6-9-13-20)26(35)33(23)21-14-10-7-11-15-21/h6-17,19H,18H2,1-5H3,(H,29,30,34). The largest absolute Gasteiger partial charge is 0.444 e. The van der Waals surface area contributed by atoms with E-state index in [1.807, 2.05) is 60.7 Å². The highest BCUT2D eigenvalue weighted by atomic mass is 16.6. The molecule has 0 fully saturated rings. The zero-order valence-corrected chi connectivity index (χ0v) is 21.6. The number of nitrogens with one attached hydrogen (secondary N) is 1. The number of rotatable bonds is 5. The van der Waals surface area contributed by atoms with Crippen molar-refractivity contribution < 1.29 is 19.1 Å². The Labute approximate surface area is 216 Å². The van der Waals surface area contributed by atoms with Crippen molar-refractivity contribution in [2.24, 2.45) is 0 Å². The summed E-state index contributed by atoms with van der Waals surface area (Å²) >= 11 is 0. The summed E-state index contributed by atoms with van der Waals surface area (Å²) in [5.41, 5.74) is 2.04. The highest BCUT2D eigenvalue weighted by Gasteiger charge is 2.34. The van der Waals surface area contributed by atoms with Crippen LogP contribution in [-0.4, -0.2) is 46.6 Å². The molecular formula is C28H31N5O4. The molecule has 2 heterocycles. The first kappa shape index (κ1) is 25.7. The van der Waals surface area contributed by atoms with Crippen LogP contribution in [0.2, 0.25) is 0 Å². The normalized spacial score (nSPS) is 14.0. The maximum atomic E-state index is 13.6. The summed E-state index contributed by atoms with van der Waals surface area (Å²) in [6, 6.07) is 21.1. The lowest BCUT2D eigenvalue weighted by Gasteiger charge is -2.36. The molecular weight excluding hydrogens is 470 g/mol. The number of ether oxygens (including phenoxy) is 1. The van der Waals surface area contributed by atoms with Gasteiger partial charge < -0.3 is 10.1 Å². The molecule has 9 heteroatoms. The molecule has 1 atom stereocenters. The number of aromatic nitrogens is 1. The van der Waals surface area contributed by atoms with Gasteiger partial charge in [0.1, 0.15) is 17.5 Å². The zero-order valence-electron chi connectivity index (χ0n) is 21.6. The van der Waals surface area contributed by atoms with Crippen LogP contribution in [0.3, 0.4) is 0 Å². The first-order valence-electron chi connectivity index (χ1n) is 12.0. The number of pyridine rings is 1. The molecule has 1 N–H and O–H groups in total. The highest BCUT2D eigenvalue weighted by molar-refractivity contribution is 6.10. The van der Waals surface area contributed by atoms with Crippen LogP contribution in [0.15, 0.2) is 72.8 Å². The molecule has 0 saturated heterocycles. The number of likely N-dealkylation sites (N-methyl/N-ethyl adjacent to an activating group) is 1. The van der Waals surface area contributed by atoms with Crippen LogP contribution in [0, 0.1) is 0 Å². The van der Waals surface area contributed by atoms with Gasteiger partial charge in [0, 0.05) is 12.7 Å². The van der Waals surface area contributed by atoms with E-state index in [2.05, 4.69) is 10.3 Å². The SMILES string of the molecule is CC(C(=O)Nc1ccc2c(n1)CN(c1ccccc1)C(=O)N2c1ccccc1)N(C)C(=O)OC(C)(C)C. The third-order valence-corrected chi connectivity index (χ3v) is 5.90. The van der Waals surface area contributed by atoms with Crippen molar-refractivity contribution in [2.45, 2.75) is 45.9 Å². The molecule has 192 valence electrons. The molecule has 0 bridgehead atoms. The monoisotopic (exact) mass is 501 g/mol. The van der Waals surface area contributed by atoms with Crippen LogP contribution >= 0.6 is 0 Å². The van der Waals surface area contributed by atoms with Crippen LogP contribution < -0.4 is 15.1 Å². The van der Waals surface area contributed by atoms with Gasteiger partial charge in [0.25, 0.3) is 0 Å². The van der Waals surface area contributed by atoms with E-state index in [1.54, 1.807) is 49.6 Å². The van der Waals surface area contributed by atoms with E-state index in [0.29, 0.717) is 22.9 Å². The van der Waals surface area contributed by atoms with Crippen LogP contribution in [0.1, 0.15) is 33.4 Å². The van der Waals surface area contributed by atoms with Crippen LogP contribution in [0.5, 0.6) is 0 Å². The fraction of sp³-hybridized carbons (Fsp3) is 0.286. The Morgan fingerprint density at radius 2 is 1.57 bits per heavy atom. The van der Waals surface area contributed by atoms with Gasteiger partial charge in [-0.1, -0.05) is 36.4 Å². The molecule has 4 amide bonds. The average Bonchev–Trinajstić information content (AvgIpc) is 2.87. The number of benzene rings is 2. The fourth-order valence-electron chi connectivity index (χ4n) is 3.86. The van der Waals surface area contributed by atoms with Gasteiger partial charge in [0.15, 0.2) is 0 Å². The number of hydrogen-bond donors (Lipinski definition) is 1. The molecule has 0 aliphatic carbocycles. The van der Waals surface area contributed by atoms with Gasteiger partial charge in [0.05, 0.1) is 23.6 Å². The number of carbonyl (C=O) groups is 3. The van der Waals surface area contributed by atoms with Crippen molar-refractivity contribution in [1.29, 1.82) is 0 Å². The Morgan fingerprint density at radius 3 is 2.16 bits per heavy atom. The summed E-state index contributed by atoms with van der Waals surface area (Å²) in [5, 5.41) is 2.79. The predicted molar refractivity (Wildman–Crippen MR) is 143 cm³/mol. The maximum Gasteiger partial charge on any atom is 0.410 e. The second-order valence-electron chi connectivity index (χ2n) is 9.79. The van der Waals surface area contributed by atoms with Crippen molar-refractivity contribution in [1.82, 2.24) is 9.88 Å². The molecule has 4 rings (SSSR count). The summed E-state index contributed by atoms with van der Waals surface area (Å²) in [5.74, 6) is -0.0870. The molecule has 1 aliphatic heterocycles. The molecule has 0 saturated carbocycles. The number of anilines is 4. The first-order valence-corrected chi connectivity index (χ1v) is 12.0. The Bertz CT molecular complexity index is 1290. The van der Waals surface area contributed by atoms with Crippen molar-refractivity contribution in [3.8, 4) is 0 Å². The summed E-state index contributed by atoms with van der Waals surface area (Å²) in [7, 11) is 1.51. The minimum atomic E-state index is -0.795. The van der Waals surface area contributed by atoms with E-state index in [4.69, 9.17) is 4.74 Å². The smallest absolute Gasteiger partial charge is 0.410 e. The Hall–Kier alpha value is -4.40. The fourth-order valence-corrected chi connectivity index (χ4v) is 3.86. The molecule has 1 aromatic heterocycles. The van der Waals surface area contributed by atoms with Gasteiger partial charge in [0.2, 0.25) is 5.91 Å². The van der Waals surface area contributed by atoms with Gasteiger partial charge in [-0.15, -0.1) is 0 Å². The second kappa shape index (κ2) is 10.3. The minimum Gasteiger partial charge on any atom is -0.444 e. The van der Waals surface area contributed by atoms with E-state index in [0.717, 1.165) is 5.69 Å². The van der Waals surface area contributed by atoms with Crippen molar-refractivity contribution >= 4 is 40.9 Å². The summed E-state index contributed by atoms with van der Waals surface area (Å²) < 4.78 is 5.36. The molecule has 9 nitrogen and oxygen atoms in total. The molecule has 2 aromatic carbocycles. The Balaban J connectivity index is 1.61. The van der Waals surface area contributed by atoms with Crippen molar-refractivity contribution in [3.63, 3.8) is 0 Å². The second-order valence-corrected chi connectivity index (χ2v) is 9.79. The Kier molecular flexibility index (Phi) is 7.15. The van der Waals surface area contributed by atoms with E-state index in [9.17, 15) is 14.4 Å². The van der Waals surface area contributed by atoms with E-state index < -0.39 is 23.6 Å². The first-order chi connectivity index (χ1) is 17.5. The van der Waals surface area contributed by atoms with Crippen LogP contribution in [0.4, 0.5) is 32.5 Å². The van der Waals surface area contributed by atoms with E-state index in [-0.39, 0.29) is 12.6 Å². The lowest BCUT2D eigenvalue weighted by Crippen LogP contribution is -2.46. The Morgan fingerprint density at radius 1 is 0.973 bits per heavy atom. The highest BCUT2D eigenvalue weighted by Crippen LogP contribution is 2.36. The number of hydrogen-bond acceptors (Lipinski definition) is 5.